The summed E-state index contributed by atoms with van der Waals surface area (Å²) in [6, 6.07) is 0. The summed E-state index contributed by atoms with van der Waals surface area (Å²) in [6.45, 7) is 2.99. The molecule has 0 bridgehead atoms. The molecule has 0 aliphatic carbocycles. The van der Waals surface area contributed by atoms with Crippen molar-refractivity contribution in [3.8, 4) is 0 Å². The van der Waals surface area contributed by atoms with Crippen molar-refractivity contribution in [2.45, 2.75) is 32.1 Å². The number of carbonyl (C=O) groups excluding carboxylic acids is 1. The third-order valence-electron chi connectivity index (χ3n) is 2.70. The minimum absolute atomic E-state index is 0.353. The Morgan fingerprint density at radius 3 is 2.43 bits per heavy atom. The molecule has 1 fully saturated rings. The summed E-state index contributed by atoms with van der Waals surface area (Å²) in [5.74, 6) is 0.353. The van der Waals surface area contributed by atoms with E-state index in [2.05, 4.69) is 4.90 Å². The monoisotopic (exact) mass is 198 g/mol. The van der Waals surface area contributed by atoms with Gasteiger partial charge in [0.15, 0.2) is 0 Å². The molecule has 14 heavy (non-hydrogen) atoms. The van der Waals surface area contributed by atoms with Crippen molar-refractivity contribution >= 4 is 5.91 Å². The van der Waals surface area contributed by atoms with Gasteiger partial charge in [-0.3, -0.25) is 4.79 Å². The molecule has 1 aliphatic rings. The average molecular weight is 198 g/mol. The third kappa shape index (κ3) is 4.09. The van der Waals surface area contributed by atoms with Crippen LogP contribution >= 0.6 is 0 Å². The zero-order valence-electron chi connectivity index (χ0n) is 9.46. The summed E-state index contributed by atoms with van der Waals surface area (Å²) in [4.78, 5) is 15.8. The number of hydrogen-bond donors (Lipinski definition) is 0. The molecule has 1 saturated heterocycles. The fraction of sp³-hybridized carbons (Fsp3) is 0.909. The Hall–Kier alpha value is -0.570. The molecule has 0 saturated carbocycles. The molecule has 0 atom stereocenters. The molecule has 0 unspecified atom stereocenters. The van der Waals surface area contributed by atoms with Gasteiger partial charge in [0.1, 0.15) is 0 Å². The molecule has 0 radical (unpaired) electrons. The summed E-state index contributed by atoms with van der Waals surface area (Å²) in [5.41, 5.74) is 0. The SMILES string of the molecule is CN(C)CCCC(=O)N1CCCCC1. The zero-order valence-corrected chi connectivity index (χ0v) is 9.46. The smallest absolute Gasteiger partial charge is 0.222 e. The second-order valence-electron chi connectivity index (χ2n) is 4.35. The van der Waals surface area contributed by atoms with Gasteiger partial charge in [-0.1, -0.05) is 0 Å². The minimum Gasteiger partial charge on any atom is -0.343 e. The highest BCUT2D eigenvalue weighted by Gasteiger charge is 2.15. The molecule has 0 aromatic heterocycles. The lowest BCUT2D eigenvalue weighted by Crippen LogP contribution is -2.35. The van der Waals surface area contributed by atoms with Crippen LogP contribution in [0.4, 0.5) is 0 Å². The van der Waals surface area contributed by atoms with E-state index in [0.29, 0.717) is 5.91 Å². The standard InChI is InChI=1S/C11H22N2O/c1-12(2)8-6-7-11(14)13-9-4-3-5-10-13/h3-10H2,1-2H3. The molecular weight excluding hydrogens is 176 g/mol. The maximum Gasteiger partial charge on any atom is 0.222 e. The molecule has 3 heteroatoms. The van der Waals surface area contributed by atoms with E-state index in [1.807, 2.05) is 19.0 Å². The molecule has 1 aliphatic heterocycles. The molecule has 82 valence electrons. The first kappa shape index (κ1) is 11.5. The van der Waals surface area contributed by atoms with Crippen molar-refractivity contribution in [3.63, 3.8) is 0 Å². The van der Waals surface area contributed by atoms with E-state index in [9.17, 15) is 4.79 Å². The molecule has 0 aromatic carbocycles. The normalized spacial score (nSPS) is 17.5. The van der Waals surface area contributed by atoms with E-state index < -0.39 is 0 Å². The van der Waals surface area contributed by atoms with Gasteiger partial charge in [0.2, 0.25) is 5.91 Å². The second kappa shape index (κ2) is 6.02. The molecule has 1 rings (SSSR count). The van der Waals surface area contributed by atoms with E-state index in [-0.39, 0.29) is 0 Å². The molecule has 0 aromatic rings. The lowest BCUT2D eigenvalue weighted by molar-refractivity contribution is -0.132. The molecule has 1 heterocycles. The lowest BCUT2D eigenvalue weighted by Gasteiger charge is -2.26. The summed E-state index contributed by atoms with van der Waals surface area (Å²) in [6.07, 6.45) is 5.39. The summed E-state index contributed by atoms with van der Waals surface area (Å²) < 4.78 is 0. The predicted molar refractivity (Wildman–Crippen MR) is 58.2 cm³/mol. The van der Waals surface area contributed by atoms with Crippen LogP contribution in [0.1, 0.15) is 32.1 Å². The molecular formula is C11H22N2O. The zero-order chi connectivity index (χ0) is 10.4. The van der Waals surface area contributed by atoms with Crippen molar-refractivity contribution in [2.24, 2.45) is 0 Å². The number of piperidine rings is 1. The first-order chi connectivity index (χ1) is 6.70. The van der Waals surface area contributed by atoms with E-state index in [0.717, 1.165) is 32.5 Å². The number of amides is 1. The van der Waals surface area contributed by atoms with Gasteiger partial charge in [-0.25, -0.2) is 0 Å². The van der Waals surface area contributed by atoms with Gasteiger partial charge >= 0.3 is 0 Å². The van der Waals surface area contributed by atoms with Gasteiger partial charge in [-0.05, 0) is 46.3 Å². The fourth-order valence-electron chi connectivity index (χ4n) is 1.85. The largest absolute Gasteiger partial charge is 0.343 e. The fourth-order valence-corrected chi connectivity index (χ4v) is 1.85. The predicted octanol–water partition coefficient (Wildman–Crippen LogP) is 1.34. The molecule has 1 amide bonds. The van der Waals surface area contributed by atoms with Crippen molar-refractivity contribution < 1.29 is 4.79 Å². The molecule has 0 N–H and O–H groups in total. The molecule has 0 spiro atoms. The number of likely N-dealkylation sites (tertiary alicyclic amines) is 1. The van der Waals surface area contributed by atoms with E-state index >= 15 is 0 Å². The minimum atomic E-state index is 0.353. The van der Waals surface area contributed by atoms with Crippen LogP contribution in [0.25, 0.3) is 0 Å². The van der Waals surface area contributed by atoms with Crippen molar-refractivity contribution in [3.05, 3.63) is 0 Å². The van der Waals surface area contributed by atoms with Gasteiger partial charge in [0.25, 0.3) is 0 Å². The first-order valence-electron chi connectivity index (χ1n) is 5.62. The Kier molecular flexibility index (Phi) is 4.94. The van der Waals surface area contributed by atoms with E-state index in [4.69, 9.17) is 0 Å². The average Bonchev–Trinajstić information content (AvgIpc) is 2.18. The highest BCUT2D eigenvalue weighted by atomic mass is 16.2. The first-order valence-corrected chi connectivity index (χ1v) is 5.62. The Morgan fingerprint density at radius 1 is 1.21 bits per heavy atom. The second-order valence-corrected chi connectivity index (χ2v) is 4.35. The number of hydrogen-bond acceptors (Lipinski definition) is 2. The molecule has 3 nitrogen and oxygen atoms in total. The Bertz CT molecular complexity index is 174. The highest BCUT2D eigenvalue weighted by Crippen LogP contribution is 2.10. The van der Waals surface area contributed by atoms with Crippen LogP contribution in [-0.2, 0) is 4.79 Å². The third-order valence-corrected chi connectivity index (χ3v) is 2.70. The van der Waals surface area contributed by atoms with Gasteiger partial charge in [0, 0.05) is 19.5 Å². The van der Waals surface area contributed by atoms with Gasteiger partial charge < -0.3 is 9.80 Å². The van der Waals surface area contributed by atoms with E-state index in [1.165, 1.54) is 19.3 Å². The van der Waals surface area contributed by atoms with Crippen molar-refractivity contribution in [1.82, 2.24) is 9.80 Å². The van der Waals surface area contributed by atoms with Gasteiger partial charge in [-0.2, -0.15) is 0 Å². The Labute approximate surface area is 87.1 Å². The topological polar surface area (TPSA) is 23.6 Å². The van der Waals surface area contributed by atoms with Crippen LogP contribution in [-0.4, -0.2) is 49.4 Å². The van der Waals surface area contributed by atoms with Crippen LogP contribution in [0.15, 0.2) is 0 Å². The summed E-state index contributed by atoms with van der Waals surface area (Å²) in [7, 11) is 4.09. The number of nitrogens with zero attached hydrogens (tertiary/aromatic N) is 2. The summed E-state index contributed by atoms with van der Waals surface area (Å²) in [5, 5.41) is 0. The maximum absolute atomic E-state index is 11.7. The van der Waals surface area contributed by atoms with Crippen LogP contribution in [0.3, 0.4) is 0 Å². The van der Waals surface area contributed by atoms with Crippen molar-refractivity contribution in [1.29, 1.82) is 0 Å². The van der Waals surface area contributed by atoms with Gasteiger partial charge in [0.05, 0.1) is 0 Å². The van der Waals surface area contributed by atoms with Crippen LogP contribution in [0.5, 0.6) is 0 Å². The summed E-state index contributed by atoms with van der Waals surface area (Å²) >= 11 is 0. The van der Waals surface area contributed by atoms with Gasteiger partial charge in [-0.15, -0.1) is 0 Å². The Morgan fingerprint density at radius 2 is 1.86 bits per heavy atom. The van der Waals surface area contributed by atoms with Crippen LogP contribution < -0.4 is 0 Å². The van der Waals surface area contributed by atoms with E-state index in [1.54, 1.807) is 0 Å². The lowest BCUT2D eigenvalue weighted by atomic mass is 10.1. The van der Waals surface area contributed by atoms with Crippen LogP contribution in [0, 0.1) is 0 Å². The highest BCUT2D eigenvalue weighted by molar-refractivity contribution is 5.76. The van der Waals surface area contributed by atoms with Crippen LogP contribution in [0.2, 0.25) is 0 Å². The quantitative estimate of drug-likeness (QED) is 0.680. The Balaban J connectivity index is 2.13. The number of rotatable bonds is 4. The van der Waals surface area contributed by atoms with Crippen molar-refractivity contribution in [2.75, 3.05) is 33.7 Å². The maximum atomic E-state index is 11.7. The number of carbonyl (C=O) groups is 1.